The molecule has 2 rings (SSSR count). The van der Waals surface area contributed by atoms with E-state index >= 15 is 0 Å². The van der Waals surface area contributed by atoms with E-state index in [0.717, 1.165) is 24.6 Å². The highest BCUT2D eigenvalue weighted by molar-refractivity contribution is 5.51. The third-order valence-electron chi connectivity index (χ3n) is 4.32. The normalized spacial score (nSPS) is 19.6. The van der Waals surface area contributed by atoms with Gasteiger partial charge >= 0.3 is 0 Å². The summed E-state index contributed by atoms with van der Waals surface area (Å²) >= 11 is 0. The van der Waals surface area contributed by atoms with Crippen LogP contribution in [0.4, 0.5) is 5.82 Å². The Morgan fingerprint density at radius 2 is 2.20 bits per heavy atom. The van der Waals surface area contributed by atoms with Gasteiger partial charge in [-0.1, -0.05) is 0 Å². The molecule has 1 saturated heterocycles. The summed E-state index contributed by atoms with van der Waals surface area (Å²) in [5.74, 6) is 1.14. The summed E-state index contributed by atoms with van der Waals surface area (Å²) in [7, 11) is 6.40. The summed E-state index contributed by atoms with van der Waals surface area (Å²) in [6.07, 6.45) is 2.62. The molecule has 0 aliphatic carbocycles. The van der Waals surface area contributed by atoms with E-state index in [1.165, 1.54) is 30.5 Å². The molecule has 0 radical (unpaired) electrons. The van der Waals surface area contributed by atoms with Crippen LogP contribution in [0.1, 0.15) is 29.7 Å². The SMILES string of the molecule is CNCc1c(C)cc(C)nc1N(C)CC1CCCN1C. The Hall–Kier alpha value is -1.13. The van der Waals surface area contributed by atoms with E-state index in [-0.39, 0.29) is 0 Å². The van der Waals surface area contributed by atoms with Crippen LogP contribution in [0.15, 0.2) is 6.07 Å². The predicted octanol–water partition coefficient (Wildman–Crippen LogP) is 1.95. The third-order valence-corrected chi connectivity index (χ3v) is 4.32. The molecule has 0 spiro atoms. The Balaban J connectivity index is 2.21. The number of aryl methyl sites for hydroxylation is 2. The molecular formula is C16H28N4. The summed E-state index contributed by atoms with van der Waals surface area (Å²) < 4.78 is 0. The van der Waals surface area contributed by atoms with Gasteiger partial charge in [-0.3, -0.25) is 0 Å². The molecule has 1 aliphatic rings. The second-order valence-electron chi connectivity index (χ2n) is 6.07. The smallest absolute Gasteiger partial charge is 0.133 e. The lowest BCUT2D eigenvalue weighted by molar-refractivity contribution is 0.314. The fourth-order valence-electron chi connectivity index (χ4n) is 3.17. The van der Waals surface area contributed by atoms with Crippen LogP contribution >= 0.6 is 0 Å². The van der Waals surface area contributed by atoms with E-state index in [1.54, 1.807) is 0 Å². The van der Waals surface area contributed by atoms with Gasteiger partial charge in [-0.25, -0.2) is 4.98 Å². The summed E-state index contributed by atoms with van der Waals surface area (Å²) in [4.78, 5) is 9.59. The lowest BCUT2D eigenvalue weighted by atomic mass is 10.1. The third kappa shape index (κ3) is 3.30. The van der Waals surface area contributed by atoms with Crippen LogP contribution in [0.2, 0.25) is 0 Å². The Labute approximate surface area is 123 Å². The number of anilines is 1. The van der Waals surface area contributed by atoms with Gasteiger partial charge in [0.25, 0.3) is 0 Å². The standard InChI is InChI=1S/C16H28N4/c1-12-9-13(2)18-16(15(12)10-17-3)20(5)11-14-7-6-8-19(14)4/h9,14,17H,6-8,10-11H2,1-5H3. The maximum atomic E-state index is 4.79. The number of hydrogen-bond acceptors (Lipinski definition) is 4. The van der Waals surface area contributed by atoms with Gasteiger partial charge in [0.15, 0.2) is 0 Å². The first kappa shape index (κ1) is 15.3. The molecule has 0 aromatic carbocycles. The molecule has 4 nitrogen and oxygen atoms in total. The minimum atomic E-state index is 0.657. The molecule has 1 aromatic heterocycles. The fourth-order valence-corrected chi connectivity index (χ4v) is 3.17. The molecular weight excluding hydrogens is 248 g/mol. The van der Waals surface area contributed by atoms with Crippen molar-refractivity contribution in [3.05, 3.63) is 22.9 Å². The highest BCUT2D eigenvalue weighted by atomic mass is 15.2. The zero-order chi connectivity index (χ0) is 14.7. The molecule has 20 heavy (non-hydrogen) atoms. The van der Waals surface area contributed by atoms with Crippen molar-refractivity contribution in [1.82, 2.24) is 15.2 Å². The summed E-state index contributed by atoms with van der Waals surface area (Å²) in [5.41, 5.74) is 3.75. The van der Waals surface area contributed by atoms with Crippen molar-refractivity contribution in [3.8, 4) is 0 Å². The molecule has 1 N–H and O–H groups in total. The molecule has 1 aliphatic heterocycles. The monoisotopic (exact) mass is 276 g/mol. The van der Waals surface area contributed by atoms with Crippen molar-refractivity contribution < 1.29 is 0 Å². The van der Waals surface area contributed by atoms with Crippen molar-refractivity contribution in [2.75, 3.05) is 39.1 Å². The minimum absolute atomic E-state index is 0.657. The zero-order valence-corrected chi connectivity index (χ0v) is 13.5. The second kappa shape index (κ2) is 6.55. The highest BCUT2D eigenvalue weighted by Gasteiger charge is 2.23. The van der Waals surface area contributed by atoms with Gasteiger partial charge in [-0.2, -0.15) is 0 Å². The van der Waals surface area contributed by atoms with E-state index in [1.807, 2.05) is 7.05 Å². The Morgan fingerprint density at radius 3 is 2.80 bits per heavy atom. The van der Waals surface area contributed by atoms with Crippen LogP contribution in [0.5, 0.6) is 0 Å². The van der Waals surface area contributed by atoms with Crippen molar-refractivity contribution in [3.63, 3.8) is 0 Å². The number of likely N-dealkylation sites (tertiary alicyclic amines) is 1. The fraction of sp³-hybridized carbons (Fsp3) is 0.688. The van der Waals surface area contributed by atoms with Gasteiger partial charge in [-0.05, 0) is 59.0 Å². The minimum Gasteiger partial charge on any atom is -0.358 e. The van der Waals surface area contributed by atoms with Crippen LogP contribution in [0.3, 0.4) is 0 Å². The van der Waals surface area contributed by atoms with E-state index in [9.17, 15) is 0 Å². The van der Waals surface area contributed by atoms with E-state index < -0.39 is 0 Å². The Kier molecular flexibility index (Phi) is 5.00. The number of nitrogens with zero attached hydrogens (tertiary/aromatic N) is 3. The number of likely N-dealkylation sites (N-methyl/N-ethyl adjacent to an activating group) is 2. The molecule has 1 fully saturated rings. The second-order valence-corrected chi connectivity index (χ2v) is 6.07. The molecule has 112 valence electrons. The number of hydrogen-bond donors (Lipinski definition) is 1. The number of nitrogens with one attached hydrogen (secondary N) is 1. The molecule has 0 bridgehead atoms. The molecule has 0 saturated carbocycles. The van der Waals surface area contributed by atoms with E-state index in [4.69, 9.17) is 4.98 Å². The summed E-state index contributed by atoms with van der Waals surface area (Å²) in [6.45, 7) is 7.42. The summed E-state index contributed by atoms with van der Waals surface area (Å²) in [5, 5.41) is 3.26. The Bertz CT molecular complexity index is 458. The van der Waals surface area contributed by atoms with Crippen molar-refractivity contribution in [1.29, 1.82) is 0 Å². The van der Waals surface area contributed by atoms with Crippen molar-refractivity contribution in [2.24, 2.45) is 0 Å². The van der Waals surface area contributed by atoms with Gasteiger partial charge in [0.05, 0.1) is 0 Å². The lowest BCUT2D eigenvalue weighted by Crippen LogP contribution is -2.37. The van der Waals surface area contributed by atoms with E-state index in [2.05, 4.69) is 49.1 Å². The Morgan fingerprint density at radius 1 is 1.45 bits per heavy atom. The predicted molar refractivity (Wildman–Crippen MR) is 85.4 cm³/mol. The van der Waals surface area contributed by atoms with Crippen LogP contribution in [-0.2, 0) is 6.54 Å². The first-order valence-corrected chi connectivity index (χ1v) is 7.56. The average Bonchev–Trinajstić information content (AvgIpc) is 2.78. The number of pyridine rings is 1. The molecule has 1 atom stereocenters. The van der Waals surface area contributed by atoms with Crippen molar-refractivity contribution in [2.45, 2.75) is 39.3 Å². The molecule has 2 heterocycles. The van der Waals surface area contributed by atoms with Gasteiger partial charge in [0, 0.05) is 37.4 Å². The molecule has 1 unspecified atom stereocenters. The summed E-state index contributed by atoms with van der Waals surface area (Å²) in [6, 6.07) is 2.83. The van der Waals surface area contributed by atoms with Crippen LogP contribution in [0.25, 0.3) is 0 Å². The topological polar surface area (TPSA) is 31.4 Å². The van der Waals surface area contributed by atoms with Gasteiger partial charge in [0.1, 0.15) is 5.82 Å². The maximum absolute atomic E-state index is 4.79. The van der Waals surface area contributed by atoms with Crippen molar-refractivity contribution >= 4 is 5.82 Å². The van der Waals surface area contributed by atoms with Gasteiger partial charge in [-0.15, -0.1) is 0 Å². The zero-order valence-electron chi connectivity index (χ0n) is 13.5. The quantitative estimate of drug-likeness (QED) is 0.891. The number of rotatable bonds is 5. The largest absolute Gasteiger partial charge is 0.358 e. The molecule has 0 amide bonds. The van der Waals surface area contributed by atoms with Gasteiger partial charge in [0.2, 0.25) is 0 Å². The molecule has 1 aromatic rings. The van der Waals surface area contributed by atoms with Gasteiger partial charge < -0.3 is 15.1 Å². The average molecular weight is 276 g/mol. The maximum Gasteiger partial charge on any atom is 0.133 e. The number of aromatic nitrogens is 1. The van der Waals surface area contributed by atoms with Crippen LogP contribution in [0, 0.1) is 13.8 Å². The first-order chi connectivity index (χ1) is 9.52. The molecule has 4 heteroatoms. The highest BCUT2D eigenvalue weighted by Crippen LogP contribution is 2.24. The van der Waals surface area contributed by atoms with Crippen LogP contribution in [-0.4, -0.2) is 50.2 Å². The lowest BCUT2D eigenvalue weighted by Gasteiger charge is -2.28. The van der Waals surface area contributed by atoms with E-state index in [0.29, 0.717) is 6.04 Å². The van der Waals surface area contributed by atoms with Crippen LogP contribution < -0.4 is 10.2 Å². The first-order valence-electron chi connectivity index (χ1n) is 7.56.